The maximum atomic E-state index is 12.6. The van der Waals surface area contributed by atoms with Gasteiger partial charge in [-0.05, 0) is 74.2 Å². The van der Waals surface area contributed by atoms with Crippen LogP contribution < -0.4 is 5.32 Å². The Balaban J connectivity index is 1.37. The van der Waals surface area contributed by atoms with E-state index in [-0.39, 0.29) is 11.5 Å². The predicted molar refractivity (Wildman–Crippen MR) is 101 cm³/mol. The summed E-state index contributed by atoms with van der Waals surface area (Å²) in [4.78, 5) is 26.6. The number of hydrogen-bond donors (Lipinski definition) is 1. The second-order valence-corrected chi connectivity index (χ2v) is 9.12. The molecule has 4 bridgehead atoms. The van der Waals surface area contributed by atoms with Gasteiger partial charge in [-0.15, -0.1) is 0 Å². The van der Waals surface area contributed by atoms with Gasteiger partial charge in [-0.3, -0.25) is 9.59 Å². The first-order valence-corrected chi connectivity index (χ1v) is 10.0. The number of carbonyl (C=O) groups is 2. The third-order valence-corrected chi connectivity index (χ3v) is 7.16. The van der Waals surface area contributed by atoms with Gasteiger partial charge in [0.25, 0.3) is 0 Å². The second kappa shape index (κ2) is 6.71. The van der Waals surface area contributed by atoms with E-state index in [9.17, 15) is 9.59 Å². The molecule has 0 heterocycles. The molecule has 1 aromatic carbocycles. The van der Waals surface area contributed by atoms with Crippen LogP contribution in [0.5, 0.6) is 0 Å². The summed E-state index contributed by atoms with van der Waals surface area (Å²) < 4.78 is 0. The summed E-state index contributed by atoms with van der Waals surface area (Å²) in [5.74, 6) is 1.64. The monoisotopic (exact) mass is 354 g/mol. The van der Waals surface area contributed by atoms with Gasteiger partial charge in [0, 0.05) is 19.6 Å². The first-order valence-electron chi connectivity index (χ1n) is 10.0. The molecule has 1 aromatic rings. The number of likely N-dealkylation sites (N-methyl/N-ethyl adjacent to an activating group) is 1. The normalized spacial score (nSPS) is 32.9. The molecule has 4 fully saturated rings. The third kappa shape index (κ3) is 3.26. The van der Waals surface area contributed by atoms with Crippen molar-refractivity contribution < 1.29 is 9.59 Å². The van der Waals surface area contributed by atoms with Gasteiger partial charge in [0.1, 0.15) is 0 Å². The molecule has 4 heteroatoms. The number of nitrogens with one attached hydrogen (secondary N) is 1. The topological polar surface area (TPSA) is 49.4 Å². The number of hydrogen-bond acceptors (Lipinski definition) is 2. The lowest BCUT2D eigenvalue weighted by Crippen LogP contribution is -2.57. The maximum Gasteiger partial charge on any atom is 0.311 e. The molecule has 5 rings (SSSR count). The molecule has 4 nitrogen and oxygen atoms in total. The second-order valence-electron chi connectivity index (χ2n) is 9.12. The Morgan fingerprint density at radius 2 is 1.62 bits per heavy atom. The van der Waals surface area contributed by atoms with Crippen LogP contribution in [0.15, 0.2) is 30.3 Å². The van der Waals surface area contributed by atoms with Crippen molar-refractivity contribution in [1.82, 2.24) is 10.2 Å². The quantitative estimate of drug-likeness (QED) is 0.843. The van der Waals surface area contributed by atoms with Crippen molar-refractivity contribution in [3.05, 3.63) is 35.9 Å². The molecule has 26 heavy (non-hydrogen) atoms. The number of carbonyl (C=O) groups excluding carboxylic acids is 2. The average molecular weight is 354 g/mol. The molecule has 4 aliphatic rings. The van der Waals surface area contributed by atoms with Crippen molar-refractivity contribution in [2.75, 3.05) is 7.05 Å². The molecule has 0 aromatic heterocycles. The van der Waals surface area contributed by atoms with E-state index in [1.54, 1.807) is 7.05 Å². The Bertz CT molecular complexity index is 649. The molecule has 0 saturated heterocycles. The van der Waals surface area contributed by atoms with Gasteiger partial charge in [0.15, 0.2) is 0 Å². The van der Waals surface area contributed by atoms with Crippen LogP contribution in [0.3, 0.4) is 0 Å². The van der Waals surface area contributed by atoms with Gasteiger partial charge in [-0.2, -0.15) is 0 Å². The lowest BCUT2D eigenvalue weighted by atomic mass is 9.48. The first-order chi connectivity index (χ1) is 12.4. The van der Waals surface area contributed by atoms with Crippen LogP contribution in [-0.2, 0) is 16.1 Å². The molecule has 0 spiro atoms. The van der Waals surface area contributed by atoms with E-state index in [0.717, 1.165) is 23.3 Å². The molecular formula is C22H30N2O2. The molecule has 0 aliphatic heterocycles. The smallest absolute Gasteiger partial charge is 0.311 e. The average Bonchev–Trinajstić information content (AvgIpc) is 2.60. The summed E-state index contributed by atoms with van der Waals surface area (Å²) >= 11 is 0. The van der Waals surface area contributed by atoms with E-state index in [1.165, 1.54) is 43.4 Å². The van der Waals surface area contributed by atoms with Crippen molar-refractivity contribution in [3.8, 4) is 0 Å². The van der Waals surface area contributed by atoms with Crippen molar-refractivity contribution in [1.29, 1.82) is 0 Å². The van der Waals surface area contributed by atoms with Crippen molar-refractivity contribution in [2.45, 2.75) is 58.0 Å². The molecule has 1 atom stereocenters. The molecule has 1 N–H and O–H groups in total. The Morgan fingerprint density at radius 1 is 1.08 bits per heavy atom. The summed E-state index contributed by atoms with van der Waals surface area (Å²) in [6.45, 7) is 2.58. The van der Waals surface area contributed by atoms with Crippen LogP contribution in [0, 0.1) is 23.2 Å². The molecule has 4 aliphatic carbocycles. The number of benzene rings is 1. The van der Waals surface area contributed by atoms with E-state index >= 15 is 0 Å². The fourth-order valence-electron chi connectivity index (χ4n) is 6.22. The molecule has 2 amide bonds. The van der Waals surface area contributed by atoms with E-state index in [4.69, 9.17) is 0 Å². The molecule has 4 saturated carbocycles. The Hall–Kier alpha value is -1.84. The lowest BCUT2D eigenvalue weighted by molar-refractivity contribution is -0.147. The number of nitrogens with zero attached hydrogens (tertiary/aromatic N) is 1. The van der Waals surface area contributed by atoms with E-state index < -0.39 is 11.8 Å². The molecular weight excluding hydrogens is 324 g/mol. The van der Waals surface area contributed by atoms with E-state index in [2.05, 4.69) is 12.2 Å². The van der Waals surface area contributed by atoms with Crippen molar-refractivity contribution in [3.63, 3.8) is 0 Å². The fraction of sp³-hybridized carbons (Fsp3) is 0.636. The third-order valence-electron chi connectivity index (χ3n) is 7.16. The van der Waals surface area contributed by atoms with Crippen LogP contribution in [0.2, 0.25) is 0 Å². The van der Waals surface area contributed by atoms with Gasteiger partial charge in [-0.1, -0.05) is 30.3 Å². The van der Waals surface area contributed by atoms with Gasteiger partial charge in [0.05, 0.1) is 0 Å². The Labute approximate surface area is 156 Å². The summed E-state index contributed by atoms with van der Waals surface area (Å²) in [6.07, 6.45) is 7.85. The zero-order valence-electron chi connectivity index (χ0n) is 15.9. The largest absolute Gasteiger partial charge is 0.345 e. The number of amides is 2. The molecule has 140 valence electrons. The Morgan fingerprint density at radius 3 is 2.15 bits per heavy atom. The van der Waals surface area contributed by atoms with Gasteiger partial charge < -0.3 is 10.2 Å². The standard InChI is InChI=1S/C22H30N2O2/c1-15(22-11-17-8-18(12-22)10-19(9-17)13-22)23-20(25)21(26)24(2)14-16-6-4-3-5-7-16/h3-7,15,17-19H,8-14H2,1-2H3,(H,23,25). The van der Waals surface area contributed by atoms with Crippen LogP contribution in [0.1, 0.15) is 51.0 Å². The van der Waals surface area contributed by atoms with Crippen molar-refractivity contribution in [2.24, 2.45) is 23.2 Å². The summed E-state index contributed by atoms with van der Waals surface area (Å²) in [5, 5.41) is 3.07. The first kappa shape index (κ1) is 17.6. The SMILES string of the molecule is CC(NC(=O)C(=O)N(C)Cc1ccccc1)C12CC3CC(CC(C3)C1)C2. The summed E-state index contributed by atoms with van der Waals surface area (Å²) in [6, 6.07) is 9.87. The van der Waals surface area contributed by atoms with Crippen molar-refractivity contribution >= 4 is 11.8 Å². The molecule has 1 unspecified atom stereocenters. The highest BCUT2D eigenvalue weighted by Crippen LogP contribution is 2.61. The van der Waals surface area contributed by atoms with Crippen LogP contribution in [-0.4, -0.2) is 29.8 Å². The highest BCUT2D eigenvalue weighted by Gasteiger charge is 2.53. The predicted octanol–water partition coefficient (Wildman–Crippen LogP) is 3.37. The zero-order chi connectivity index (χ0) is 18.3. The number of rotatable bonds is 4. The fourth-order valence-corrected chi connectivity index (χ4v) is 6.22. The minimum atomic E-state index is -0.452. The van der Waals surface area contributed by atoms with Gasteiger partial charge in [0.2, 0.25) is 0 Å². The minimum absolute atomic E-state index is 0.0810. The van der Waals surface area contributed by atoms with Gasteiger partial charge >= 0.3 is 11.8 Å². The van der Waals surface area contributed by atoms with Crippen LogP contribution in [0.25, 0.3) is 0 Å². The summed E-state index contributed by atoms with van der Waals surface area (Å²) in [5.41, 5.74) is 1.26. The minimum Gasteiger partial charge on any atom is -0.345 e. The highest BCUT2D eigenvalue weighted by atomic mass is 16.2. The van der Waals surface area contributed by atoms with Gasteiger partial charge in [-0.25, -0.2) is 0 Å². The van der Waals surface area contributed by atoms with E-state index in [0.29, 0.717) is 6.54 Å². The Kier molecular flexibility index (Phi) is 4.54. The maximum absolute atomic E-state index is 12.6. The highest BCUT2D eigenvalue weighted by molar-refractivity contribution is 6.35. The lowest BCUT2D eigenvalue weighted by Gasteiger charge is -2.59. The van der Waals surface area contributed by atoms with Crippen LogP contribution >= 0.6 is 0 Å². The molecule has 0 radical (unpaired) electrons. The summed E-state index contributed by atoms with van der Waals surface area (Å²) in [7, 11) is 1.70. The van der Waals surface area contributed by atoms with Crippen LogP contribution in [0.4, 0.5) is 0 Å². The zero-order valence-corrected chi connectivity index (χ0v) is 15.9. The van der Waals surface area contributed by atoms with E-state index in [1.807, 2.05) is 30.3 Å².